The van der Waals surface area contributed by atoms with Crippen molar-refractivity contribution < 1.29 is 42.7 Å². The summed E-state index contributed by atoms with van der Waals surface area (Å²) in [6.45, 7) is 7.12. The Balaban J connectivity index is 0.697. The Morgan fingerprint density at radius 1 is 0.882 bits per heavy atom. The van der Waals surface area contributed by atoms with E-state index in [1.54, 1.807) is 41.4 Å². The van der Waals surface area contributed by atoms with Gasteiger partial charge in [0.1, 0.15) is 17.6 Å². The first-order valence-electron chi connectivity index (χ1n) is 22.8. The molecule has 5 aliphatic heterocycles. The van der Waals surface area contributed by atoms with Crippen LogP contribution in [-0.2, 0) is 33.5 Å². The van der Waals surface area contributed by atoms with E-state index in [-0.39, 0.29) is 47.9 Å². The number of esters is 1. The highest BCUT2D eigenvalue weighted by molar-refractivity contribution is 6.18. The molecule has 2 atom stereocenters. The number of hydrogen-bond donors (Lipinski definition) is 3. The van der Waals surface area contributed by atoms with Gasteiger partial charge in [-0.1, -0.05) is 30.3 Å². The van der Waals surface area contributed by atoms with E-state index in [9.17, 15) is 38.0 Å². The minimum absolute atomic E-state index is 0.0414. The molecular weight excluding hydrogens is 880 g/mol. The van der Waals surface area contributed by atoms with Crippen LogP contribution in [0.15, 0.2) is 85.0 Å². The molecule has 1 unspecified atom stereocenters. The van der Waals surface area contributed by atoms with Gasteiger partial charge in [0, 0.05) is 87.9 Å². The number of carbonyl (C=O) groups is 7. The van der Waals surface area contributed by atoms with Crippen molar-refractivity contribution in [2.75, 3.05) is 76.5 Å². The maximum Gasteiger partial charge on any atom is 0.361 e. The maximum atomic E-state index is 13.6. The second-order valence-electron chi connectivity index (χ2n) is 17.6. The van der Waals surface area contributed by atoms with Gasteiger partial charge in [0.15, 0.2) is 11.5 Å². The first-order valence-corrected chi connectivity index (χ1v) is 22.8. The highest BCUT2D eigenvalue weighted by Crippen LogP contribution is 2.31. The Bertz CT molecular complexity index is 2620. The zero-order chi connectivity index (χ0) is 47.5. The van der Waals surface area contributed by atoms with E-state index in [1.165, 1.54) is 36.5 Å². The van der Waals surface area contributed by atoms with Crippen molar-refractivity contribution in [3.63, 3.8) is 0 Å². The minimum Gasteiger partial charge on any atom is -0.442 e. The number of ether oxygens (including phenoxy) is 1. The molecule has 0 bridgehead atoms. The SMILES string of the molecule is Nc1ncc(-c2cnn(C3CCN(CCCN4CCN(C(=O)C5CN(C6=CC(=O)N(C7CCC(=O)NC7=O)C6=O)C5)CC4)CC3)c2)nc1C(=O)O[C@@H](C(=O)Nc1ccc(F)cc1)c1ccccc1. The van der Waals surface area contributed by atoms with Crippen LogP contribution < -0.4 is 16.4 Å². The van der Waals surface area contributed by atoms with Gasteiger partial charge in [0.25, 0.3) is 17.7 Å². The van der Waals surface area contributed by atoms with Gasteiger partial charge >= 0.3 is 5.97 Å². The quantitative estimate of drug-likeness (QED) is 0.121. The summed E-state index contributed by atoms with van der Waals surface area (Å²) in [5.41, 5.74) is 7.76. The van der Waals surface area contributed by atoms with Crippen LogP contribution in [0.25, 0.3) is 11.3 Å². The standard InChI is InChI=1S/C47H51FN12O8/c48-32-7-9-33(10-8-32)52-44(64)41(29-5-2-1-3-6-29)68-47(67)40-42(49)50-25-35(53-40)30-24-51-59(28-30)34-13-17-55(18-14-34)15-4-16-56-19-21-57(22-20-56)45(65)31-26-58(27-31)37-23-39(62)60(46(37)66)36-11-12-38(61)54-43(36)63/h1-3,5-10,23-25,28,31,34,36,41H,4,11-22,26-27H2,(H2,49,50)(H,52,64)(H,54,61,63)/t36?,41-/m1/s1. The van der Waals surface area contributed by atoms with E-state index in [2.05, 4.69) is 35.5 Å². The van der Waals surface area contributed by atoms with Gasteiger partial charge in [-0.15, -0.1) is 0 Å². The van der Waals surface area contributed by atoms with Crippen LogP contribution in [-0.4, -0.2) is 157 Å². The van der Waals surface area contributed by atoms with E-state index in [0.717, 1.165) is 63.4 Å². The molecule has 2 aromatic carbocycles. The molecular formula is C47H51FN12O8. The maximum absolute atomic E-state index is 13.6. The van der Waals surface area contributed by atoms with Crippen molar-refractivity contribution in [2.45, 2.75) is 50.3 Å². The lowest BCUT2D eigenvalue weighted by Crippen LogP contribution is -2.59. The average Bonchev–Trinajstić information content (AvgIpc) is 3.93. The molecule has 21 heteroatoms. The molecule has 4 fully saturated rings. The number of nitrogens with one attached hydrogen (secondary N) is 2. The molecule has 0 radical (unpaired) electrons. The van der Waals surface area contributed by atoms with Gasteiger partial charge in [-0.2, -0.15) is 5.10 Å². The molecule has 4 N–H and O–H groups in total. The normalized spacial score (nSPS) is 20.2. The third-order valence-electron chi connectivity index (χ3n) is 13.2. The molecule has 4 aromatic rings. The van der Waals surface area contributed by atoms with Crippen molar-refractivity contribution >= 4 is 52.9 Å². The van der Waals surface area contributed by atoms with Crippen molar-refractivity contribution in [1.29, 1.82) is 0 Å². The molecule has 0 aliphatic carbocycles. The van der Waals surface area contributed by atoms with Crippen LogP contribution in [0.3, 0.4) is 0 Å². The van der Waals surface area contributed by atoms with Crippen LogP contribution in [0.1, 0.15) is 60.3 Å². The van der Waals surface area contributed by atoms with E-state index in [4.69, 9.17) is 10.5 Å². The second-order valence-corrected chi connectivity index (χ2v) is 17.6. The van der Waals surface area contributed by atoms with Gasteiger partial charge in [0.05, 0.1) is 30.0 Å². The molecule has 9 rings (SSSR count). The highest BCUT2D eigenvalue weighted by atomic mass is 19.1. The average molecular weight is 931 g/mol. The number of benzene rings is 2. The minimum atomic E-state index is -1.37. The Kier molecular flexibility index (Phi) is 13.3. The number of halogens is 1. The van der Waals surface area contributed by atoms with Gasteiger partial charge in [-0.3, -0.25) is 48.6 Å². The highest BCUT2D eigenvalue weighted by Gasteiger charge is 2.47. The second kappa shape index (κ2) is 19.8. The number of imide groups is 2. The number of anilines is 2. The zero-order valence-corrected chi connectivity index (χ0v) is 37.2. The number of nitrogen functional groups attached to an aromatic ring is 1. The summed E-state index contributed by atoms with van der Waals surface area (Å²) in [7, 11) is 0. The summed E-state index contributed by atoms with van der Waals surface area (Å²) in [6, 6.07) is 12.8. The first kappa shape index (κ1) is 45.8. The van der Waals surface area contributed by atoms with Gasteiger partial charge in [-0.25, -0.2) is 19.2 Å². The predicted molar refractivity (Wildman–Crippen MR) is 241 cm³/mol. The Labute approximate surface area is 390 Å². The van der Waals surface area contributed by atoms with Gasteiger partial charge in [-0.05, 0) is 63.0 Å². The number of piperazine rings is 1. The molecule has 0 spiro atoms. The summed E-state index contributed by atoms with van der Waals surface area (Å²) in [4.78, 5) is 108. The summed E-state index contributed by atoms with van der Waals surface area (Å²) >= 11 is 0. The van der Waals surface area contributed by atoms with E-state index < -0.39 is 53.5 Å². The molecule has 4 saturated heterocycles. The van der Waals surface area contributed by atoms with E-state index in [0.29, 0.717) is 48.7 Å². The lowest BCUT2D eigenvalue weighted by molar-refractivity contribution is -0.151. The summed E-state index contributed by atoms with van der Waals surface area (Å²) in [5, 5.41) is 9.48. The van der Waals surface area contributed by atoms with Crippen molar-refractivity contribution in [2.24, 2.45) is 5.92 Å². The smallest absolute Gasteiger partial charge is 0.361 e. The van der Waals surface area contributed by atoms with Gasteiger partial charge < -0.3 is 30.5 Å². The molecule has 7 heterocycles. The molecule has 68 heavy (non-hydrogen) atoms. The van der Waals surface area contributed by atoms with Crippen molar-refractivity contribution in [3.8, 4) is 11.3 Å². The fourth-order valence-corrected chi connectivity index (χ4v) is 9.29. The molecule has 354 valence electrons. The largest absolute Gasteiger partial charge is 0.442 e. The number of nitrogens with zero attached hydrogens (tertiary/aromatic N) is 9. The van der Waals surface area contributed by atoms with Crippen LogP contribution in [0.2, 0.25) is 0 Å². The number of nitrogens with two attached hydrogens (primary N) is 1. The number of likely N-dealkylation sites (tertiary alicyclic amines) is 2. The van der Waals surface area contributed by atoms with Crippen LogP contribution >= 0.6 is 0 Å². The number of rotatable bonds is 14. The van der Waals surface area contributed by atoms with Gasteiger partial charge in [0.2, 0.25) is 23.8 Å². The fraction of sp³-hybridized carbons (Fsp3) is 0.404. The molecule has 6 amide bonds. The van der Waals surface area contributed by atoms with E-state index >= 15 is 0 Å². The molecule has 5 aliphatic rings. The number of piperidine rings is 2. The summed E-state index contributed by atoms with van der Waals surface area (Å²) in [6.07, 6.45) is 7.77. The number of amides is 6. The topological polar surface area (TPSA) is 239 Å². The Morgan fingerprint density at radius 3 is 2.29 bits per heavy atom. The van der Waals surface area contributed by atoms with Crippen LogP contribution in [0.4, 0.5) is 15.9 Å². The zero-order valence-electron chi connectivity index (χ0n) is 37.2. The lowest BCUT2D eigenvalue weighted by atomic mass is 9.97. The third-order valence-corrected chi connectivity index (χ3v) is 13.2. The monoisotopic (exact) mass is 930 g/mol. The molecule has 0 saturated carbocycles. The number of carbonyl (C=O) groups excluding carboxylic acids is 7. The number of hydrogen-bond acceptors (Lipinski definition) is 15. The third kappa shape index (κ3) is 9.98. The van der Waals surface area contributed by atoms with Crippen molar-refractivity contribution in [1.82, 2.24) is 49.6 Å². The van der Waals surface area contributed by atoms with Crippen LogP contribution in [0.5, 0.6) is 0 Å². The molecule has 2 aromatic heterocycles. The van der Waals surface area contributed by atoms with Crippen molar-refractivity contribution in [3.05, 3.63) is 102 Å². The van der Waals surface area contributed by atoms with E-state index in [1.807, 2.05) is 15.8 Å². The first-order chi connectivity index (χ1) is 32.9. The predicted octanol–water partition coefficient (Wildman–Crippen LogP) is 1.76. The summed E-state index contributed by atoms with van der Waals surface area (Å²) < 4.78 is 21.1. The Hall–Kier alpha value is -7.39. The summed E-state index contributed by atoms with van der Waals surface area (Å²) in [5.74, 6) is -4.71. The fourth-order valence-electron chi connectivity index (χ4n) is 9.29. The van der Waals surface area contributed by atoms with Crippen LogP contribution in [0, 0.1) is 11.7 Å². The lowest BCUT2D eigenvalue weighted by Gasteiger charge is -2.44. The molecule has 20 nitrogen and oxygen atoms in total. The Morgan fingerprint density at radius 2 is 1.59 bits per heavy atom. The number of aromatic nitrogens is 4.